The summed E-state index contributed by atoms with van der Waals surface area (Å²) < 4.78 is 30.5. The third kappa shape index (κ3) is 6.45. The fourth-order valence-electron chi connectivity index (χ4n) is 3.06. The highest BCUT2D eigenvalue weighted by Gasteiger charge is 2.21. The first-order valence-electron chi connectivity index (χ1n) is 9.30. The standard InChI is InChI=1S/C20H25N3O5S/c1-29(26,27)23-15-7-5-14(6-8-15)9-10-21-12-16(24)13-28-19-4-2-3-18-17(19)11-20(25)22-18/h2-8,16,21,23-24H,9-13H2,1H3,(H,22,25). The zero-order valence-corrected chi connectivity index (χ0v) is 17.0. The van der Waals surface area contributed by atoms with Gasteiger partial charge in [0.05, 0.1) is 12.7 Å². The van der Waals surface area contributed by atoms with E-state index in [1.807, 2.05) is 18.2 Å². The quantitative estimate of drug-likeness (QED) is 0.429. The number of hydrogen-bond donors (Lipinski definition) is 4. The number of benzene rings is 2. The summed E-state index contributed by atoms with van der Waals surface area (Å²) in [4.78, 5) is 11.5. The van der Waals surface area contributed by atoms with Crippen LogP contribution in [0.3, 0.4) is 0 Å². The van der Waals surface area contributed by atoms with Crippen molar-refractivity contribution in [2.45, 2.75) is 18.9 Å². The highest BCUT2D eigenvalue weighted by molar-refractivity contribution is 7.92. The van der Waals surface area contributed by atoms with Gasteiger partial charge in [-0.05, 0) is 42.8 Å². The number of nitrogens with one attached hydrogen (secondary N) is 3. The molecule has 0 radical (unpaired) electrons. The molecule has 0 fully saturated rings. The zero-order chi connectivity index (χ0) is 20.9. The van der Waals surface area contributed by atoms with E-state index >= 15 is 0 Å². The maximum absolute atomic E-state index is 11.5. The molecule has 0 saturated heterocycles. The van der Waals surface area contributed by atoms with Gasteiger partial charge in [-0.3, -0.25) is 9.52 Å². The van der Waals surface area contributed by atoms with E-state index in [9.17, 15) is 18.3 Å². The maximum atomic E-state index is 11.5. The minimum atomic E-state index is -3.27. The summed E-state index contributed by atoms with van der Waals surface area (Å²) in [6.07, 6.45) is 1.46. The number of ether oxygens (including phenoxy) is 1. The van der Waals surface area contributed by atoms with Crippen molar-refractivity contribution in [1.29, 1.82) is 0 Å². The Hall–Kier alpha value is -2.62. The average molecular weight is 420 g/mol. The molecule has 8 nitrogen and oxygen atoms in total. The van der Waals surface area contributed by atoms with Crippen LogP contribution in [0, 0.1) is 0 Å². The average Bonchev–Trinajstić information content (AvgIpc) is 3.04. The minimum Gasteiger partial charge on any atom is -0.490 e. The van der Waals surface area contributed by atoms with Crippen LogP contribution < -0.4 is 20.1 Å². The number of carbonyl (C=O) groups excluding carboxylic acids is 1. The Morgan fingerprint density at radius 2 is 1.97 bits per heavy atom. The Bertz CT molecular complexity index is 961. The van der Waals surface area contributed by atoms with Gasteiger partial charge in [-0.1, -0.05) is 18.2 Å². The predicted octanol–water partition coefficient (Wildman–Crippen LogP) is 1.12. The fraction of sp³-hybridized carbons (Fsp3) is 0.350. The molecule has 3 rings (SSSR count). The molecule has 2 aromatic carbocycles. The molecule has 0 aromatic heterocycles. The number of hydrogen-bond acceptors (Lipinski definition) is 6. The van der Waals surface area contributed by atoms with E-state index in [4.69, 9.17) is 4.74 Å². The summed E-state index contributed by atoms with van der Waals surface area (Å²) in [6, 6.07) is 12.6. The summed E-state index contributed by atoms with van der Waals surface area (Å²) in [5, 5.41) is 16.1. The molecule has 1 atom stereocenters. The molecule has 0 spiro atoms. The lowest BCUT2D eigenvalue weighted by Gasteiger charge is -2.15. The molecule has 0 aliphatic carbocycles. The zero-order valence-electron chi connectivity index (χ0n) is 16.1. The van der Waals surface area contributed by atoms with Gasteiger partial charge in [0.25, 0.3) is 0 Å². The predicted molar refractivity (Wildman–Crippen MR) is 112 cm³/mol. The fourth-order valence-corrected chi connectivity index (χ4v) is 3.62. The van der Waals surface area contributed by atoms with Crippen LogP contribution in [-0.4, -0.2) is 51.5 Å². The summed E-state index contributed by atoms with van der Waals surface area (Å²) in [5.41, 5.74) is 3.17. The molecule has 156 valence electrons. The lowest BCUT2D eigenvalue weighted by Crippen LogP contribution is -2.32. The Morgan fingerprint density at radius 3 is 2.69 bits per heavy atom. The Kier molecular flexibility index (Phi) is 6.73. The second kappa shape index (κ2) is 9.25. The second-order valence-electron chi connectivity index (χ2n) is 7.00. The molecule has 1 aliphatic rings. The number of anilines is 2. The largest absolute Gasteiger partial charge is 0.490 e. The highest BCUT2D eigenvalue weighted by Crippen LogP contribution is 2.31. The lowest BCUT2D eigenvalue weighted by atomic mass is 10.1. The van der Waals surface area contributed by atoms with Crippen molar-refractivity contribution in [1.82, 2.24) is 5.32 Å². The third-order valence-electron chi connectivity index (χ3n) is 4.40. The van der Waals surface area contributed by atoms with Gasteiger partial charge >= 0.3 is 0 Å². The number of aliphatic hydroxyl groups excluding tert-OH is 1. The Labute approximate surface area is 170 Å². The van der Waals surface area contributed by atoms with Crippen LogP contribution in [0.4, 0.5) is 11.4 Å². The molecule has 0 saturated carbocycles. The van der Waals surface area contributed by atoms with Crippen molar-refractivity contribution in [2.75, 3.05) is 36.0 Å². The summed E-state index contributed by atoms with van der Waals surface area (Å²) in [6.45, 7) is 1.17. The first-order valence-corrected chi connectivity index (χ1v) is 11.2. The van der Waals surface area contributed by atoms with E-state index in [1.165, 1.54) is 0 Å². The van der Waals surface area contributed by atoms with Crippen LogP contribution >= 0.6 is 0 Å². The third-order valence-corrected chi connectivity index (χ3v) is 5.01. The van der Waals surface area contributed by atoms with Crippen LogP contribution in [0.5, 0.6) is 5.75 Å². The SMILES string of the molecule is CS(=O)(=O)Nc1ccc(CCNCC(O)COc2cccc3c2CC(=O)N3)cc1. The van der Waals surface area contributed by atoms with Crippen LogP contribution in [0.25, 0.3) is 0 Å². The number of carbonyl (C=O) groups is 1. The van der Waals surface area contributed by atoms with E-state index in [2.05, 4.69) is 15.4 Å². The number of amides is 1. The summed E-state index contributed by atoms with van der Waals surface area (Å²) >= 11 is 0. The van der Waals surface area contributed by atoms with Crippen molar-refractivity contribution >= 4 is 27.3 Å². The van der Waals surface area contributed by atoms with Gasteiger partial charge < -0.3 is 20.5 Å². The molecule has 29 heavy (non-hydrogen) atoms. The first-order chi connectivity index (χ1) is 13.8. The molecular weight excluding hydrogens is 394 g/mol. The molecule has 0 bridgehead atoms. The number of rotatable bonds is 10. The lowest BCUT2D eigenvalue weighted by molar-refractivity contribution is -0.115. The molecular formula is C20H25N3O5S. The van der Waals surface area contributed by atoms with Crippen LogP contribution in [0.15, 0.2) is 42.5 Å². The topological polar surface area (TPSA) is 117 Å². The van der Waals surface area contributed by atoms with Crippen molar-refractivity contribution in [3.05, 3.63) is 53.6 Å². The van der Waals surface area contributed by atoms with Gasteiger partial charge in [0.2, 0.25) is 15.9 Å². The Morgan fingerprint density at radius 1 is 1.21 bits per heavy atom. The monoisotopic (exact) mass is 419 g/mol. The second-order valence-corrected chi connectivity index (χ2v) is 8.75. The summed E-state index contributed by atoms with van der Waals surface area (Å²) in [7, 11) is -3.27. The van der Waals surface area contributed by atoms with Gasteiger partial charge in [0.1, 0.15) is 18.5 Å². The Balaban J connectivity index is 1.37. The molecule has 4 N–H and O–H groups in total. The van der Waals surface area contributed by atoms with Crippen LogP contribution in [0.2, 0.25) is 0 Å². The number of fused-ring (bicyclic) bond motifs is 1. The van der Waals surface area contributed by atoms with E-state index in [-0.39, 0.29) is 12.5 Å². The van der Waals surface area contributed by atoms with E-state index in [0.29, 0.717) is 30.9 Å². The molecule has 2 aromatic rings. The van der Waals surface area contributed by atoms with Gasteiger partial charge in [0, 0.05) is 23.5 Å². The van der Waals surface area contributed by atoms with E-state index < -0.39 is 16.1 Å². The molecule has 9 heteroatoms. The number of aliphatic hydroxyl groups is 1. The molecule has 1 unspecified atom stereocenters. The van der Waals surface area contributed by atoms with Gasteiger partial charge in [-0.15, -0.1) is 0 Å². The van der Waals surface area contributed by atoms with Crippen LogP contribution in [0.1, 0.15) is 11.1 Å². The molecule has 1 amide bonds. The van der Waals surface area contributed by atoms with Crippen molar-refractivity contribution in [3.63, 3.8) is 0 Å². The van der Waals surface area contributed by atoms with Gasteiger partial charge in [-0.25, -0.2) is 8.42 Å². The van der Waals surface area contributed by atoms with Crippen molar-refractivity contribution < 1.29 is 23.1 Å². The molecule has 1 aliphatic heterocycles. The van der Waals surface area contributed by atoms with Crippen LogP contribution in [-0.2, 0) is 27.7 Å². The van der Waals surface area contributed by atoms with Gasteiger partial charge in [-0.2, -0.15) is 0 Å². The van der Waals surface area contributed by atoms with E-state index in [1.54, 1.807) is 24.3 Å². The normalized spacial score (nSPS) is 14.2. The van der Waals surface area contributed by atoms with Crippen molar-refractivity contribution in [3.8, 4) is 5.75 Å². The molecule has 1 heterocycles. The first kappa shape index (κ1) is 21.1. The van der Waals surface area contributed by atoms with E-state index in [0.717, 1.165) is 29.5 Å². The maximum Gasteiger partial charge on any atom is 0.229 e. The minimum absolute atomic E-state index is 0.0570. The smallest absolute Gasteiger partial charge is 0.229 e. The summed E-state index contributed by atoms with van der Waals surface area (Å²) in [5.74, 6) is 0.557. The highest BCUT2D eigenvalue weighted by atomic mass is 32.2. The number of sulfonamides is 1. The van der Waals surface area contributed by atoms with Crippen molar-refractivity contribution in [2.24, 2.45) is 0 Å². The van der Waals surface area contributed by atoms with Gasteiger partial charge in [0.15, 0.2) is 0 Å².